The van der Waals surface area contributed by atoms with Crippen molar-refractivity contribution >= 4 is 70.9 Å². The summed E-state index contributed by atoms with van der Waals surface area (Å²) in [6.45, 7) is 10.1. The molecule has 3 saturated heterocycles. The number of alkyl halides is 3. The maximum absolute atomic E-state index is 15.4. The van der Waals surface area contributed by atoms with Crippen LogP contribution in [0.25, 0.3) is 0 Å². The summed E-state index contributed by atoms with van der Waals surface area (Å²) < 4.78 is 41.4. The van der Waals surface area contributed by atoms with Gasteiger partial charge in [0.15, 0.2) is 0 Å². The average molecular weight is 1370 g/mol. The van der Waals surface area contributed by atoms with Gasteiger partial charge in [-0.05, 0) is 126 Å². The molecule has 6 rings (SSSR count). The highest BCUT2D eigenvalue weighted by atomic mass is 19.4. The number of carbonyl (C=O) groups is 12. The van der Waals surface area contributed by atoms with Crippen molar-refractivity contribution in [2.45, 2.75) is 250 Å². The molecule has 0 aromatic rings. The number of fused-ring (bicyclic) bond motifs is 1. The number of piperidine rings is 1. The first-order valence-corrected chi connectivity index (χ1v) is 36.0. The minimum absolute atomic E-state index is 0.00144. The molecule has 6 fully saturated rings. The number of rotatable bonds is 11. The van der Waals surface area contributed by atoms with E-state index < -0.39 is 169 Å². The number of nitrogens with one attached hydrogen (secondary N) is 3. The van der Waals surface area contributed by atoms with E-state index in [0.717, 1.165) is 48.3 Å². The summed E-state index contributed by atoms with van der Waals surface area (Å²) >= 11 is 0. The predicted octanol–water partition coefficient (Wildman–Crippen LogP) is 5.34. The summed E-state index contributed by atoms with van der Waals surface area (Å²) in [5.74, 6) is -10.3. The van der Waals surface area contributed by atoms with Crippen LogP contribution in [0.15, 0.2) is 0 Å². The number of likely N-dealkylation sites (N-methyl/N-ethyl adjacent to an activating group) is 7. The molecular formula is C70H115F3N12O12. The third-order valence-corrected chi connectivity index (χ3v) is 22.0. The second-order valence-corrected chi connectivity index (χ2v) is 30.0. The Balaban J connectivity index is 1.40. The highest BCUT2D eigenvalue weighted by molar-refractivity contribution is 6.00. The molecule has 97 heavy (non-hydrogen) atoms. The van der Waals surface area contributed by atoms with Gasteiger partial charge in [-0.15, -0.1) is 0 Å². The first-order valence-electron chi connectivity index (χ1n) is 36.0. The Morgan fingerprint density at radius 2 is 1.14 bits per heavy atom. The second-order valence-electron chi connectivity index (χ2n) is 30.0. The summed E-state index contributed by atoms with van der Waals surface area (Å²) in [4.78, 5) is 189. The summed E-state index contributed by atoms with van der Waals surface area (Å²) in [5.41, 5.74) is -1.55. The van der Waals surface area contributed by atoms with E-state index in [2.05, 4.69) is 16.0 Å². The van der Waals surface area contributed by atoms with E-state index in [0.29, 0.717) is 51.6 Å². The largest absolute Gasteiger partial charge is 0.391 e. The van der Waals surface area contributed by atoms with Crippen LogP contribution in [0.5, 0.6) is 0 Å². The van der Waals surface area contributed by atoms with Gasteiger partial charge in [-0.25, -0.2) is 0 Å². The van der Waals surface area contributed by atoms with Crippen molar-refractivity contribution in [2.75, 3.05) is 88.6 Å². The second kappa shape index (κ2) is 35.5. The fourth-order valence-electron chi connectivity index (χ4n) is 15.5. The predicted molar refractivity (Wildman–Crippen MR) is 358 cm³/mol. The van der Waals surface area contributed by atoms with Crippen LogP contribution in [-0.4, -0.2) is 258 Å². The van der Waals surface area contributed by atoms with Crippen LogP contribution in [0.4, 0.5) is 13.2 Å². The first-order chi connectivity index (χ1) is 45.6. The van der Waals surface area contributed by atoms with Crippen molar-refractivity contribution in [3.63, 3.8) is 0 Å². The van der Waals surface area contributed by atoms with Gasteiger partial charge in [-0.3, -0.25) is 57.5 Å². The molecule has 8 atom stereocenters. The van der Waals surface area contributed by atoms with Gasteiger partial charge in [-0.1, -0.05) is 92.9 Å². The van der Waals surface area contributed by atoms with Crippen molar-refractivity contribution in [3.8, 4) is 0 Å². The molecule has 3 aliphatic carbocycles. The fraction of sp³-hybridized carbons (Fsp3) is 0.829. The van der Waals surface area contributed by atoms with Gasteiger partial charge in [0.1, 0.15) is 47.8 Å². The molecule has 0 unspecified atom stereocenters. The number of hydrogen-bond acceptors (Lipinski definition) is 12. The van der Waals surface area contributed by atoms with Crippen LogP contribution < -0.4 is 16.0 Å². The molecule has 3 aliphatic heterocycles. The van der Waals surface area contributed by atoms with Crippen LogP contribution in [0.2, 0.25) is 0 Å². The smallest absolute Gasteiger partial charge is 0.343 e. The number of amides is 12. The molecule has 24 nitrogen and oxygen atoms in total. The molecule has 0 radical (unpaired) electrons. The van der Waals surface area contributed by atoms with Gasteiger partial charge in [0.25, 0.3) is 0 Å². The van der Waals surface area contributed by atoms with Crippen molar-refractivity contribution < 1.29 is 70.7 Å². The molecule has 3 heterocycles. The van der Waals surface area contributed by atoms with Crippen molar-refractivity contribution in [1.82, 2.24) is 60.0 Å². The third kappa shape index (κ3) is 20.5. The minimum Gasteiger partial charge on any atom is -0.343 e. The lowest BCUT2D eigenvalue weighted by atomic mass is 9.79. The number of halogens is 3. The van der Waals surface area contributed by atoms with Gasteiger partial charge in [0.05, 0.1) is 32.0 Å². The monoisotopic (exact) mass is 1370 g/mol. The SMILES string of the molecule is CC[C@H](C)[C@@H]1NC(=O)[C@H](CC(C)C)N(C)C(=O)C[C@@H](C(=O)N2CCCCC2)N(C)C(=O)[C@H](C(C)C)N(C)C(=O)C2(CCCC2)NC(=O)[C@@H]2CCCN2C(=O)[C@H](CCC2CCC(C(F)(F)F)CC2)NC(=O)CN(C)C(=O)[C@H](CC2CCCCC2)N(C)C(=O)CN(C)C(=O)CN(C)C1=O. The van der Waals surface area contributed by atoms with E-state index in [-0.39, 0.29) is 94.9 Å². The van der Waals surface area contributed by atoms with E-state index in [1.54, 1.807) is 25.7 Å². The molecule has 1 spiro atoms. The number of nitrogens with zero attached hydrogens (tertiary/aromatic N) is 9. The summed E-state index contributed by atoms with van der Waals surface area (Å²) in [6.07, 6.45) is 5.16. The van der Waals surface area contributed by atoms with Crippen LogP contribution >= 0.6 is 0 Å². The molecule has 12 amide bonds. The Kier molecular flexibility index (Phi) is 29.0. The molecule has 0 aromatic heterocycles. The summed E-state index contributed by atoms with van der Waals surface area (Å²) in [7, 11) is 9.98. The van der Waals surface area contributed by atoms with Crippen LogP contribution in [0, 0.1) is 35.5 Å². The summed E-state index contributed by atoms with van der Waals surface area (Å²) in [6, 6.07) is -8.51. The zero-order valence-electron chi connectivity index (χ0n) is 60.3. The minimum atomic E-state index is -4.35. The molecule has 6 aliphatic rings. The average Bonchev–Trinajstić information content (AvgIpc) is 1.75. The van der Waals surface area contributed by atoms with Crippen LogP contribution in [-0.2, 0) is 57.5 Å². The highest BCUT2D eigenvalue weighted by Crippen LogP contribution is 2.41. The van der Waals surface area contributed by atoms with Gasteiger partial charge in [0, 0.05) is 69.0 Å². The number of carbonyl (C=O) groups excluding carboxylic acids is 12. The summed E-state index contributed by atoms with van der Waals surface area (Å²) in [5, 5.41) is 8.80. The van der Waals surface area contributed by atoms with E-state index in [1.807, 2.05) is 20.8 Å². The van der Waals surface area contributed by atoms with E-state index in [9.17, 15) is 56.3 Å². The van der Waals surface area contributed by atoms with E-state index in [4.69, 9.17) is 0 Å². The standard InChI is InChI=1S/C70H115F3N12O12/c1-14-46(6)59-66(95)79(9)42-57(88)77(7)43-58(89)81(11)53(39-48-24-17-15-18-25-48)64(93)78(8)41-55(86)74-50(32-29-47-27-30-49(31-28-47)70(71,72)73)63(92)85-37-23-26-51(85)62(91)76-69(33-19-20-34-69)68(97)83(13)60(45(4)5)67(96)82(12)54(65(94)84-35-21-16-22-36-84)40-56(87)80(10)52(38-44(2)3)61(90)75-59/h44-54,59-60H,14-43H2,1-13H3,(H,74,86)(H,75,90)(H,76,91)/t46-,47?,49?,50-,51-,52-,53-,54-,59-,60-/m0/s1. The topological polar surface area (TPSA) is 270 Å². The number of hydrogen-bond donors (Lipinski definition) is 3. The zero-order chi connectivity index (χ0) is 72.0. The molecule has 0 aromatic carbocycles. The quantitative estimate of drug-likeness (QED) is 0.237. The molecule has 3 N–H and O–H groups in total. The Labute approximate surface area is 573 Å². The Hall–Kier alpha value is -6.57. The zero-order valence-corrected chi connectivity index (χ0v) is 60.3. The van der Waals surface area contributed by atoms with Crippen LogP contribution in [0.3, 0.4) is 0 Å². The molecular weight excluding hydrogens is 1260 g/mol. The molecule has 548 valence electrons. The Bertz CT molecular complexity index is 2780. The van der Waals surface area contributed by atoms with Crippen LogP contribution in [0.1, 0.15) is 196 Å². The van der Waals surface area contributed by atoms with Gasteiger partial charge in [0.2, 0.25) is 70.9 Å². The Morgan fingerprint density at radius 1 is 0.557 bits per heavy atom. The van der Waals surface area contributed by atoms with Gasteiger partial charge >= 0.3 is 6.18 Å². The van der Waals surface area contributed by atoms with E-state index >= 15 is 14.4 Å². The van der Waals surface area contributed by atoms with Crippen molar-refractivity contribution in [2.24, 2.45) is 35.5 Å². The highest BCUT2D eigenvalue weighted by Gasteiger charge is 2.51. The van der Waals surface area contributed by atoms with Crippen molar-refractivity contribution in [1.29, 1.82) is 0 Å². The third-order valence-electron chi connectivity index (χ3n) is 22.0. The van der Waals surface area contributed by atoms with E-state index in [1.165, 1.54) is 78.7 Å². The molecule has 0 bridgehead atoms. The maximum atomic E-state index is 15.4. The molecule has 27 heteroatoms. The lowest BCUT2D eigenvalue weighted by Gasteiger charge is -2.42. The lowest BCUT2D eigenvalue weighted by molar-refractivity contribution is -0.184. The molecule has 3 saturated carbocycles. The number of likely N-dealkylation sites (tertiary alicyclic amines) is 1. The first kappa shape index (κ1) is 79.4. The van der Waals surface area contributed by atoms with Crippen molar-refractivity contribution in [3.05, 3.63) is 0 Å². The maximum Gasteiger partial charge on any atom is 0.391 e. The normalized spacial score (nSPS) is 28.8. The fourth-order valence-corrected chi connectivity index (χ4v) is 15.5. The lowest BCUT2D eigenvalue weighted by Crippen LogP contribution is -2.65. The van der Waals surface area contributed by atoms with Gasteiger partial charge in [-0.2, -0.15) is 13.2 Å². The Morgan fingerprint density at radius 3 is 1.73 bits per heavy atom. The van der Waals surface area contributed by atoms with Gasteiger partial charge < -0.3 is 60.0 Å².